The van der Waals surface area contributed by atoms with Gasteiger partial charge in [-0.25, -0.2) is 14.8 Å². The highest BCUT2D eigenvalue weighted by atomic mass is 16.2. The van der Waals surface area contributed by atoms with Crippen molar-refractivity contribution in [3.63, 3.8) is 0 Å². The van der Waals surface area contributed by atoms with E-state index in [-0.39, 0.29) is 5.91 Å². The number of nitrogens with one attached hydrogen (secondary N) is 2. The van der Waals surface area contributed by atoms with Gasteiger partial charge in [-0.3, -0.25) is 4.79 Å². The molecule has 0 bridgehead atoms. The minimum atomic E-state index is -0.565. The molecule has 4 rings (SSSR count). The predicted octanol–water partition coefficient (Wildman–Crippen LogP) is 4.42. The second kappa shape index (κ2) is 10.3. The van der Waals surface area contributed by atoms with Gasteiger partial charge in [-0.05, 0) is 81.0 Å². The first kappa shape index (κ1) is 23.2. The van der Waals surface area contributed by atoms with Crippen LogP contribution in [-0.4, -0.2) is 39.9 Å². The van der Waals surface area contributed by atoms with Gasteiger partial charge in [0.25, 0.3) is 5.91 Å². The second-order valence-corrected chi connectivity index (χ2v) is 8.81. The molecular weight excluding hydrogens is 428 g/mol. The number of benzene rings is 2. The normalized spacial score (nSPS) is 14.0. The standard InChI is InChI=1S/C26H30N6O2/c1-17-14-18(2)29-26(28-17)31-23-5-3-4-21(16-23)24(33)32-12-10-20(11-13-32)15-19-6-8-22(9-7-19)30-25(27)34/h3-9,14,16,20H,10-13,15H2,1-2H3,(H3,27,30,34)(H,28,29,31). The number of hydrogen-bond acceptors (Lipinski definition) is 5. The summed E-state index contributed by atoms with van der Waals surface area (Å²) in [6.07, 6.45) is 2.87. The van der Waals surface area contributed by atoms with Crippen LogP contribution in [0.2, 0.25) is 0 Å². The van der Waals surface area contributed by atoms with E-state index in [1.54, 1.807) is 0 Å². The molecule has 0 unspecified atom stereocenters. The third kappa shape index (κ3) is 6.10. The van der Waals surface area contributed by atoms with E-state index in [0.29, 0.717) is 23.1 Å². The largest absolute Gasteiger partial charge is 0.351 e. The van der Waals surface area contributed by atoms with E-state index in [2.05, 4.69) is 20.6 Å². The summed E-state index contributed by atoms with van der Waals surface area (Å²) < 4.78 is 0. The van der Waals surface area contributed by atoms with E-state index < -0.39 is 6.03 Å². The number of urea groups is 1. The average Bonchev–Trinajstić information content (AvgIpc) is 2.79. The van der Waals surface area contributed by atoms with Gasteiger partial charge in [0.05, 0.1) is 0 Å². The lowest BCUT2D eigenvalue weighted by Crippen LogP contribution is -2.38. The summed E-state index contributed by atoms with van der Waals surface area (Å²) >= 11 is 0. The number of rotatable bonds is 6. The minimum Gasteiger partial charge on any atom is -0.351 e. The lowest BCUT2D eigenvalue weighted by Gasteiger charge is -2.32. The summed E-state index contributed by atoms with van der Waals surface area (Å²) in [5, 5.41) is 5.78. The van der Waals surface area contributed by atoms with Crippen LogP contribution in [0.25, 0.3) is 0 Å². The summed E-state index contributed by atoms with van der Waals surface area (Å²) in [7, 11) is 0. The number of anilines is 3. The van der Waals surface area contributed by atoms with Crippen LogP contribution < -0.4 is 16.4 Å². The number of aromatic nitrogens is 2. The fourth-order valence-electron chi connectivity index (χ4n) is 4.36. The van der Waals surface area contributed by atoms with Crippen LogP contribution in [0.5, 0.6) is 0 Å². The Morgan fingerprint density at radius 1 is 0.971 bits per heavy atom. The fourth-order valence-corrected chi connectivity index (χ4v) is 4.36. The molecule has 3 aromatic rings. The number of carbonyl (C=O) groups excluding carboxylic acids is 2. The van der Waals surface area contributed by atoms with Gasteiger partial charge >= 0.3 is 6.03 Å². The average molecular weight is 459 g/mol. The van der Waals surface area contributed by atoms with Gasteiger partial charge < -0.3 is 21.3 Å². The van der Waals surface area contributed by atoms with Crippen LogP contribution in [0.3, 0.4) is 0 Å². The van der Waals surface area contributed by atoms with Gasteiger partial charge in [0.15, 0.2) is 0 Å². The van der Waals surface area contributed by atoms with E-state index in [1.165, 1.54) is 5.56 Å². The van der Waals surface area contributed by atoms with Crippen molar-refractivity contribution in [2.75, 3.05) is 23.7 Å². The van der Waals surface area contributed by atoms with Crippen molar-refractivity contribution in [2.45, 2.75) is 33.1 Å². The molecule has 2 aromatic carbocycles. The molecule has 34 heavy (non-hydrogen) atoms. The predicted molar refractivity (Wildman–Crippen MR) is 133 cm³/mol. The van der Waals surface area contributed by atoms with E-state index >= 15 is 0 Å². The van der Waals surface area contributed by atoms with E-state index in [4.69, 9.17) is 5.73 Å². The molecule has 0 saturated carbocycles. The fraction of sp³-hybridized carbons (Fsp3) is 0.308. The van der Waals surface area contributed by atoms with Gasteiger partial charge in [0.2, 0.25) is 5.95 Å². The zero-order chi connectivity index (χ0) is 24.1. The van der Waals surface area contributed by atoms with Crippen molar-refractivity contribution in [1.29, 1.82) is 0 Å². The van der Waals surface area contributed by atoms with Crippen LogP contribution in [0.1, 0.15) is 40.2 Å². The summed E-state index contributed by atoms with van der Waals surface area (Å²) in [4.78, 5) is 34.8. The lowest BCUT2D eigenvalue weighted by molar-refractivity contribution is 0.0690. The maximum absolute atomic E-state index is 13.1. The first-order valence-corrected chi connectivity index (χ1v) is 11.5. The zero-order valence-electron chi connectivity index (χ0n) is 19.5. The molecule has 3 amide bonds. The van der Waals surface area contributed by atoms with Crippen LogP contribution in [0.15, 0.2) is 54.6 Å². The Labute approximate surface area is 199 Å². The Hall–Kier alpha value is -3.94. The Morgan fingerprint density at radius 2 is 1.65 bits per heavy atom. The van der Waals surface area contributed by atoms with Crippen molar-refractivity contribution in [1.82, 2.24) is 14.9 Å². The topological polar surface area (TPSA) is 113 Å². The quantitative estimate of drug-likeness (QED) is 0.506. The molecule has 4 N–H and O–H groups in total. The molecule has 176 valence electrons. The highest BCUT2D eigenvalue weighted by molar-refractivity contribution is 5.95. The Balaban J connectivity index is 1.32. The van der Waals surface area contributed by atoms with Gasteiger partial charge in [0, 0.05) is 41.4 Å². The molecule has 1 aliphatic heterocycles. The Morgan fingerprint density at radius 3 is 2.29 bits per heavy atom. The maximum Gasteiger partial charge on any atom is 0.316 e. The molecular formula is C26H30N6O2. The Kier molecular flexibility index (Phi) is 7.06. The smallest absolute Gasteiger partial charge is 0.316 e. The molecule has 0 radical (unpaired) electrons. The molecule has 1 aliphatic rings. The third-order valence-electron chi connectivity index (χ3n) is 6.00. The van der Waals surface area contributed by atoms with E-state index in [1.807, 2.05) is 73.3 Å². The number of hydrogen-bond donors (Lipinski definition) is 3. The van der Waals surface area contributed by atoms with E-state index in [9.17, 15) is 9.59 Å². The minimum absolute atomic E-state index is 0.0466. The van der Waals surface area contributed by atoms with E-state index in [0.717, 1.165) is 49.4 Å². The van der Waals surface area contributed by atoms with Crippen LogP contribution in [0, 0.1) is 19.8 Å². The molecule has 8 heteroatoms. The molecule has 0 atom stereocenters. The molecule has 8 nitrogen and oxygen atoms in total. The molecule has 0 aliphatic carbocycles. The van der Waals surface area contributed by atoms with Crippen molar-refractivity contribution in [2.24, 2.45) is 11.7 Å². The Bertz CT molecular complexity index is 1150. The van der Waals surface area contributed by atoms with Crippen molar-refractivity contribution in [3.8, 4) is 0 Å². The monoisotopic (exact) mass is 458 g/mol. The highest BCUT2D eigenvalue weighted by Gasteiger charge is 2.24. The number of carbonyl (C=O) groups is 2. The zero-order valence-corrected chi connectivity index (χ0v) is 19.5. The SMILES string of the molecule is Cc1cc(C)nc(Nc2cccc(C(=O)N3CCC(Cc4ccc(NC(N)=O)cc4)CC3)c2)n1. The third-order valence-corrected chi connectivity index (χ3v) is 6.00. The number of primary amides is 1. The van der Waals surface area contributed by atoms with Crippen LogP contribution in [-0.2, 0) is 6.42 Å². The summed E-state index contributed by atoms with van der Waals surface area (Å²) in [5.74, 6) is 1.10. The van der Waals surface area contributed by atoms with Gasteiger partial charge in [-0.1, -0.05) is 18.2 Å². The number of amides is 3. The summed E-state index contributed by atoms with van der Waals surface area (Å²) in [6, 6.07) is 16.6. The first-order valence-electron chi connectivity index (χ1n) is 11.5. The van der Waals surface area contributed by atoms with Crippen molar-refractivity contribution >= 4 is 29.3 Å². The molecule has 1 fully saturated rings. The molecule has 1 aromatic heterocycles. The first-order chi connectivity index (χ1) is 16.4. The highest BCUT2D eigenvalue weighted by Crippen LogP contribution is 2.24. The molecule has 1 saturated heterocycles. The van der Waals surface area contributed by atoms with Gasteiger partial charge in [-0.2, -0.15) is 0 Å². The van der Waals surface area contributed by atoms with Crippen molar-refractivity contribution < 1.29 is 9.59 Å². The van der Waals surface area contributed by atoms with Gasteiger partial charge in [-0.15, -0.1) is 0 Å². The number of nitrogens with zero attached hydrogens (tertiary/aromatic N) is 3. The second-order valence-electron chi connectivity index (χ2n) is 8.81. The van der Waals surface area contributed by atoms with Crippen LogP contribution >= 0.6 is 0 Å². The van der Waals surface area contributed by atoms with Crippen molar-refractivity contribution in [3.05, 3.63) is 77.1 Å². The number of likely N-dealkylation sites (tertiary alicyclic amines) is 1. The molecule has 0 spiro atoms. The summed E-state index contributed by atoms with van der Waals surface area (Å²) in [6.45, 7) is 5.34. The summed E-state index contributed by atoms with van der Waals surface area (Å²) in [5.41, 5.74) is 10.3. The number of piperidine rings is 1. The van der Waals surface area contributed by atoms with Gasteiger partial charge in [0.1, 0.15) is 0 Å². The maximum atomic E-state index is 13.1. The number of nitrogens with two attached hydrogens (primary N) is 1. The lowest BCUT2D eigenvalue weighted by atomic mass is 9.90. The van der Waals surface area contributed by atoms with Crippen LogP contribution in [0.4, 0.5) is 22.1 Å². The molecule has 2 heterocycles. The number of aryl methyl sites for hydroxylation is 2.